The smallest absolute Gasteiger partial charge is 0.267 e. The molecule has 1 aromatic carbocycles. The monoisotopic (exact) mass is 476 g/mol. The molecule has 0 radical (unpaired) electrons. The van der Waals surface area contributed by atoms with Gasteiger partial charge >= 0.3 is 0 Å². The first-order chi connectivity index (χ1) is 16.0. The van der Waals surface area contributed by atoms with Crippen molar-refractivity contribution in [1.29, 1.82) is 0 Å². The Balaban J connectivity index is 1.61. The Morgan fingerprint density at radius 1 is 1.09 bits per heavy atom. The minimum absolute atomic E-state index is 0.174. The number of aromatic nitrogens is 2. The normalized spacial score (nSPS) is 18.7. The number of rotatable bonds is 4. The third kappa shape index (κ3) is 3.87. The summed E-state index contributed by atoms with van der Waals surface area (Å²) in [7, 11) is 0. The molecule has 3 aromatic rings. The highest BCUT2D eigenvalue weighted by atomic mass is 32.2. The first kappa shape index (κ1) is 21.9. The number of thiocarbonyl (C=S) groups is 1. The average molecular weight is 477 g/mol. The minimum Gasteiger partial charge on any atom is -0.356 e. The van der Waals surface area contributed by atoms with E-state index in [1.165, 1.54) is 11.8 Å². The van der Waals surface area contributed by atoms with Crippen molar-refractivity contribution in [2.24, 2.45) is 0 Å². The number of benzene rings is 1. The molecular weight excluding hydrogens is 452 g/mol. The van der Waals surface area contributed by atoms with Gasteiger partial charge in [0.25, 0.3) is 11.5 Å². The van der Waals surface area contributed by atoms with E-state index >= 15 is 0 Å². The predicted molar refractivity (Wildman–Crippen MR) is 138 cm³/mol. The van der Waals surface area contributed by atoms with Crippen LogP contribution < -0.4 is 10.5 Å². The molecule has 168 valence electrons. The fourth-order valence-electron chi connectivity index (χ4n) is 4.42. The van der Waals surface area contributed by atoms with E-state index in [-0.39, 0.29) is 17.5 Å². The van der Waals surface area contributed by atoms with Crippen LogP contribution in [0.1, 0.15) is 42.5 Å². The largest absolute Gasteiger partial charge is 0.356 e. The molecule has 2 fully saturated rings. The Morgan fingerprint density at radius 2 is 1.82 bits per heavy atom. The maximum atomic E-state index is 13.6. The van der Waals surface area contributed by atoms with Crippen molar-refractivity contribution in [3.8, 4) is 0 Å². The Morgan fingerprint density at radius 3 is 2.55 bits per heavy atom. The highest BCUT2D eigenvalue weighted by Crippen LogP contribution is 2.38. The summed E-state index contributed by atoms with van der Waals surface area (Å²) in [5.74, 6) is 0.468. The van der Waals surface area contributed by atoms with Gasteiger partial charge in [0.1, 0.15) is 15.8 Å². The Hall–Kier alpha value is -2.97. The number of carbonyl (C=O) groups is 1. The highest BCUT2D eigenvalue weighted by Gasteiger charge is 2.36. The summed E-state index contributed by atoms with van der Waals surface area (Å²) < 4.78 is 2.06. The predicted octanol–water partition coefficient (Wildman–Crippen LogP) is 4.57. The van der Waals surface area contributed by atoms with Crippen molar-refractivity contribution >= 4 is 51.7 Å². The van der Waals surface area contributed by atoms with Gasteiger partial charge in [-0.1, -0.05) is 60.4 Å². The maximum Gasteiger partial charge on any atom is 0.267 e. The van der Waals surface area contributed by atoms with Crippen LogP contribution in [0.3, 0.4) is 0 Å². The van der Waals surface area contributed by atoms with Gasteiger partial charge in [0, 0.05) is 19.3 Å². The van der Waals surface area contributed by atoms with Crippen LogP contribution in [0.4, 0.5) is 5.82 Å². The van der Waals surface area contributed by atoms with Crippen LogP contribution in [0, 0.1) is 6.92 Å². The summed E-state index contributed by atoms with van der Waals surface area (Å²) in [6.45, 7) is 5.61. The van der Waals surface area contributed by atoms with Gasteiger partial charge in [0.05, 0.1) is 16.5 Å². The second-order valence-electron chi connectivity index (χ2n) is 8.37. The number of carbonyl (C=O) groups excluding carboxylic acids is 1. The molecule has 0 spiro atoms. The van der Waals surface area contributed by atoms with Crippen molar-refractivity contribution in [3.63, 3.8) is 0 Å². The molecule has 0 bridgehead atoms. The molecule has 4 heterocycles. The molecule has 1 atom stereocenters. The van der Waals surface area contributed by atoms with Crippen molar-refractivity contribution in [2.75, 3.05) is 18.0 Å². The molecule has 2 aliphatic heterocycles. The summed E-state index contributed by atoms with van der Waals surface area (Å²) in [5.41, 5.74) is 2.85. The van der Waals surface area contributed by atoms with Gasteiger partial charge < -0.3 is 4.90 Å². The fraction of sp³-hybridized carbons (Fsp3) is 0.280. The first-order valence-corrected chi connectivity index (χ1v) is 12.3. The van der Waals surface area contributed by atoms with E-state index in [0.29, 0.717) is 26.3 Å². The van der Waals surface area contributed by atoms with E-state index in [1.807, 2.05) is 56.3 Å². The van der Waals surface area contributed by atoms with E-state index in [1.54, 1.807) is 21.6 Å². The summed E-state index contributed by atoms with van der Waals surface area (Å²) in [6.07, 6.45) is 5.54. The van der Waals surface area contributed by atoms with Crippen molar-refractivity contribution < 1.29 is 4.79 Å². The number of nitrogens with zero attached hydrogens (tertiary/aromatic N) is 4. The summed E-state index contributed by atoms with van der Waals surface area (Å²) >= 11 is 6.81. The SMILES string of the molecule is Cc1cccn2c(=O)c(C=C3SC(=S)N(C(C)c4ccccc4)C3=O)c(N3CCCC3)nc12. The molecule has 2 aliphatic rings. The fourth-order valence-corrected chi connectivity index (χ4v) is 5.82. The van der Waals surface area contributed by atoms with Gasteiger partial charge in [-0.25, -0.2) is 4.98 Å². The first-order valence-electron chi connectivity index (χ1n) is 11.0. The molecule has 5 rings (SSSR count). The van der Waals surface area contributed by atoms with Gasteiger partial charge in [-0.15, -0.1) is 0 Å². The second kappa shape index (κ2) is 8.76. The zero-order chi connectivity index (χ0) is 23.1. The highest BCUT2D eigenvalue weighted by molar-refractivity contribution is 8.26. The number of amides is 1. The van der Waals surface area contributed by atoms with Crippen LogP contribution >= 0.6 is 24.0 Å². The topological polar surface area (TPSA) is 57.9 Å². The number of fused-ring (bicyclic) bond motifs is 1. The van der Waals surface area contributed by atoms with Gasteiger partial charge in [0.15, 0.2) is 0 Å². The molecule has 2 aromatic heterocycles. The lowest BCUT2D eigenvalue weighted by Gasteiger charge is -2.23. The van der Waals surface area contributed by atoms with Crippen LogP contribution in [0.2, 0.25) is 0 Å². The molecule has 1 unspecified atom stereocenters. The third-order valence-corrected chi connectivity index (χ3v) is 7.57. The van der Waals surface area contributed by atoms with Gasteiger partial charge in [-0.2, -0.15) is 0 Å². The molecule has 0 N–H and O–H groups in total. The Labute approximate surface area is 201 Å². The summed E-state index contributed by atoms with van der Waals surface area (Å²) in [6, 6.07) is 13.4. The van der Waals surface area contributed by atoms with Gasteiger partial charge in [0.2, 0.25) is 0 Å². The van der Waals surface area contributed by atoms with Crippen LogP contribution in [0.25, 0.3) is 11.7 Å². The standard InChI is InChI=1S/C25H24N4O2S2/c1-16-9-8-14-28-21(16)26-22(27-12-6-7-13-27)19(23(28)30)15-20-24(31)29(25(32)33-20)17(2)18-10-4-3-5-11-18/h3-5,8-11,14-15,17H,6-7,12-13H2,1-2H3. The number of anilines is 1. The second-order valence-corrected chi connectivity index (χ2v) is 10.0. The summed E-state index contributed by atoms with van der Waals surface area (Å²) in [4.78, 5) is 36.1. The van der Waals surface area contributed by atoms with E-state index in [0.717, 1.165) is 37.1 Å². The molecule has 1 amide bonds. The zero-order valence-corrected chi connectivity index (χ0v) is 20.2. The van der Waals surface area contributed by atoms with E-state index in [9.17, 15) is 9.59 Å². The number of thioether (sulfide) groups is 1. The minimum atomic E-state index is -0.193. The van der Waals surface area contributed by atoms with E-state index in [4.69, 9.17) is 17.2 Å². The zero-order valence-electron chi connectivity index (χ0n) is 18.5. The number of pyridine rings is 1. The van der Waals surface area contributed by atoms with Gasteiger partial charge in [-0.3, -0.25) is 18.9 Å². The summed E-state index contributed by atoms with van der Waals surface area (Å²) in [5, 5.41) is 0. The maximum absolute atomic E-state index is 13.6. The van der Waals surface area contributed by atoms with Crippen molar-refractivity contribution in [2.45, 2.75) is 32.7 Å². The molecule has 0 aliphatic carbocycles. The van der Waals surface area contributed by atoms with Crippen LogP contribution in [0.5, 0.6) is 0 Å². The Kier molecular flexibility index (Phi) is 5.80. The number of hydrogen-bond acceptors (Lipinski definition) is 6. The Bertz CT molecular complexity index is 1340. The van der Waals surface area contributed by atoms with Gasteiger partial charge in [-0.05, 0) is 50.0 Å². The van der Waals surface area contributed by atoms with E-state index in [2.05, 4.69) is 4.90 Å². The molecule has 33 heavy (non-hydrogen) atoms. The van der Waals surface area contributed by atoms with Crippen LogP contribution in [-0.2, 0) is 4.79 Å². The van der Waals surface area contributed by atoms with Crippen LogP contribution in [0.15, 0.2) is 58.4 Å². The quantitative estimate of drug-likeness (QED) is 0.406. The van der Waals surface area contributed by atoms with Crippen LogP contribution in [-0.4, -0.2) is 37.6 Å². The van der Waals surface area contributed by atoms with Crippen molar-refractivity contribution in [3.05, 3.63) is 80.6 Å². The third-order valence-electron chi connectivity index (χ3n) is 6.24. The molecule has 0 saturated carbocycles. The molecule has 8 heteroatoms. The lowest BCUT2D eigenvalue weighted by Crippen LogP contribution is -2.31. The lowest BCUT2D eigenvalue weighted by molar-refractivity contribution is -0.123. The lowest BCUT2D eigenvalue weighted by atomic mass is 10.1. The molecule has 6 nitrogen and oxygen atoms in total. The van der Waals surface area contributed by atoms with E-state index < -0.39 is 0 Å². The van der Waals surface area contributed by atoms with Crippen molar-refractivity contribution in [1.82, 2.24) is 14.3 Å². The average Bonchev–Trinajstić information content (AvgIpc) is 3.44. The number of hydrogen-bond donors (Lipinski definition) is 0. The molecular formula is C25H24N4O2S2. The number of aryl methyl sites for hydroxylation is 1. The molecule has 2 saturated heterocycles.